The molecule has 2 N–H and O–H groups in total. The number of hydrogen-bond acceptors (Lipinski definition) is 4. The number of ether oxygens (including phenoxy) is 1. The largest absolute Gasteiger partial charge is 0.481 e. The van der Waals surface area contributed by atoms with E-state index < -0.39 is 17.5 Å². The normalized spacial score (nSPS) is 24.0. The summed E-state index contributed by atoms with van der Waals surface area (Å²) >= 11 is 0. The van der Waals surface area contributed by atoms with Crippen LogP contribution in [0.3, 0.4) is 0 Å². The molecule has 0 radical (unpaired) electrons. The van der Waals surface area contributed by atoms with Crippen molar-refractivity contribution in [1.82, 2.24) is 4.90 Å². The van der Waals surface area contributed by atoms with E-state index in [0.717, 1.165) is 16.7 Å². The minimum atomic E-state index is -1.43. The summed E-state index contributed by atoms with van der Waals surface area (Å²) in [5.74, 6) is -1.28. The molecule has 28 heavy (non-hydrogen) atoms. The van der Waals surface area contributed by atoms with Crippen LogP contribution in [0.4, 0.5) is 0 Å². The van der Waals surface area contributed by atoms with Gasteiger partial charge in [-0.05, 0) is 35.6 Å². The number of aliphatic hydroxyl groups excluding tert-OH is 1. The van der Waals surface area contributed by atoms with Crippen molar-refractivity contribution in [2.24, 2.45) is 5.41 Å². The number of nitrogens with zero attached hydrogens (tertiary/aromatic N) is 1. The number of carboxylic acid groups (broad SMARTS) is 1. The number of aliphatic hydroxyl groups is 1. The molecule has 2 aromatic carbocycles. The molecule has 146 valence electrons. The van der Waals surface area contributed by atoms with E-state index in [1.54, 1.807) is 11.0 Å². The molecule has 2 heterocycles. The lowest BCUT2D eigenvalue weighted by molar-refractivity contribution is -0.161. The van der Waals surface area contributed by atoms with E-state index in [0.29, 0.717) is 25.3 Å². The van der Waals surface area contributed by atoms with Crippen LogP contribution < -0.4 is 0 Å². The Balaban J connectivity index is 1.64. The highest BCUT2D eigenvalue weighted by Gasteiger charge is 2.50. The molecule has 2 atom stereocenters. The first-order chi connectivity index (χ1) is 13.5. The molecule has 6 nitrogen and oxygen atoms in total. The summed E-state index contributed by atoms with van der Waals surface area (Å²) in [7, 11) is 0. The molecule has 1 amide bonds. The van der Waals surface area contributed by atoms with Gasteiger partial charge in [0.05, 0.1) is 19.3 Å². The Morgan fingerprint density at radius 1 is 1.11 bits per heavy atom. The highest BCUT2D eigenvalue weighted by Crippen LogP contribution is 2.36. The molecule has 2 aliphatic heterocycles. The summed E-state index contributed by atoms with van der Waals surface area (Å²) in [6.45, 7) is 1.18. The predicted molar refractivity (Wildman–Crippen MR) is 102 cm³/mol. The summed E-state index contributed by atoms with van der Waals surface area (Å²) in [6.07, 6.45) is -0.611. The van der Waals surface area contributed by atoms with Gasteiger partial charge >= 0.3 is 5.97 Å². The number of carbonyl (C=O) groups is 2. The number of fused-ring (bicyclic) bond motifs is 1. The van der Waals surface area contributed by atoms with Crippen molar-refractivity contribution in [3.63, 3.8) is 0 Å². The van der Waals surface area contributed by atoms with Crippen molar-refractivity contribution in [3.05, 3.63) is 70.8 Å². The maximum absolute atomic E-state index is 13.2. The zero-order chi connectivity index (χ0) is 19.7. The first-order valence-electron chi connectivity index (χ1n) is 9.44. The Bertz CT molecular complexity index is 897. The predicted octanol–water partition coefficient (Wildman–Crippen LogP) is 2.24. The standard InChI is InChI=1S/C22H23NO5/c24-19-9-10-23(20(25)17-8-4-7-16-12-28-13-18(16)17)14-22(19,21(26)27)11-15-5-2-1-3-6-15/h1-8,19,24H,9-14H2,(H,26,27)/t19-,22-/m1/s1. The number of aliphatic carboxylic acids is 1. The van der Waals surface area contributed by atoms with Crippen LogP contribution in [-0.4, -0.2) is 46.2 Å². The SMILES string of the molecule is O=C(c1cccc2c1COC2)N1CC[C@@H](O)[C@](Cc2ccccc2)(C(=O)O)C1. The van der Waals surface area contributed by atoms with Gasteiger partial charge in [-0.1, -0.05) is 42.5 Å². The Labute approximate surface area is 163 Å². The summed E-state index contributed by atoms with van der Waals surface area (Å²) in [5, 5.41) is 20.7. The fraction of sp³-hybridized carbons (Fsp3) is 0.364. The number of benzene rings is 2. The average molecular weight is 381 g/mol. The van der Waals surface area contributed by atoms with Crippen LogP contribution in [0.1, 0.15) is 33.5 Å². The number of carboxylic acids is 1. The molecule has 0 saturated carbocycles. The highest BCUT2D eigenvalue weighted by molar-refractivity contribution is 5.96. The summed E-state index contributed by atoms with van der Waals surface area (Å²) < 4.78 is 5.46. The quantitative estimate of drug-likeness (QED) is 0.848. The van der Waals surface area contributed by atoms with Gasteiger partial charge in [-0.2, -0.15) is 0 Å². The second-order valence-electron chi connectivity index (χ2n) is 7.59. The third kappa shape index (κ3) is 3.19. The lowest BCUT2D eigenvalue weighted by Gasteiger charge is -2.43. The van der Waals surface area contributed by atoms with Crippen LogP contribution >= 0.6 is 0 Å². The molecule has 1 fully saturated rings. The lowest BCUT2D eigenvalue weighted by atomic mass is 9.72. The number of hydrogen-bond donors (Lipinski definition) is 2. The third-order valence-electron chi connectivity index (χ3n) is 5.87. The van der Waals surface area contributed by atoms with Crippen molar-refractivity contribution >= 4 is 11.9 Å². The fourth-order valence-electron chi connectivity index (χ4n) is 4.25. The van der Waals surface area contributed by atoms with E-state index in [2.05, 4.69) is 0 Å². The van der Waals surface area contributed by atoms with E-state index in [4.69, 9.17) is 4.74 Å². The van der Waals surface area contributed by atoms with Crippen LogP contribution in [0.2, 0.25) is 0 Å². The average Bonchev–Trinajstić information content (AvgIpc) is 3.18. The third-order valence-corrected chi connectivity index (χ3v) is 5.87. The minimum Gasteiger partial charge on any atom is -0.481 e. The lowest BCUT2D eigenvalue weighted by Crippen LogP contribution is -2.58. The Morgan fingerprint density at radius 2 is 1.89 bits per heavy atom. The van der Waals surface area contributed by atoms with E-state index in [1.165, 1.54) is 0 Å². The van der Waals surface area contributed by atoms with Gasteiger partial charge in [0.25, 0.3) is 5.91 Å². The van der Waals surface area contributed by atoms with Crippen LogP contribution in [0.25, 0.3) is 0 Å². The maximum Gasteiger partial charge on any atom is 0.314 e. The van der Waals surface area contributed by atoms with Crippen molar-refractivity contribution in [2.75, 3.05) is 13.1 Å². The molecule has 6 heteroatoms. The molecule has 2 aliphatic rings. The van der Waals surface area contributed by atoms with E-state index in [-0.39, 0.29) is 25.3 Å². The van der Waals surface area contributed by atoms with Gasteiger partial charge in [0, 0.05) is 18.7 Å². The topological polar surface area (TPSA) is 87.1 Å². The molecule has 0 spiro atoms. The Kier molecular flexibility index (Phi) is 4.91. The monoisotopic (exact) mass is 381 g/mol. The molecular formula is C22H23NO5. The molecule has 0 aromatic heterocycles. The first kappa shape index (κ1) is 18.7. The van der Waals surface area contributed by atoms with E-state index in [1.807, 2.05) is 42.5 Å². The number of likely N-dealkylation sites (tertiary alicyclic amines) is 1. The summed E-state index contributed by atoms with van der Waals surface area (Å²) in [4.78, 5) is 27.1. The van der Waals surface area contributed by atoms with Crippen molar-refractivity contribution in [2.45, 2.75) is 32.2 Å². The maximum atomic E-state index is 13.2. The van der Waals surface area contributed by atoms with Gasteiger partial charge < -0.3 is 19.8 Å². The molecule has 1 saturated heterocycles. The first-order valence-corrected chi connectivity index (χ1v) is 9.44. The zero-order valence-corrected chi connectivity index (χ0v) is 15.5. The Hall–Kier alpha value is -2.70. The molecule has 2 aromatic rings. The number of rotatable bonds is 4. The van der Waals surface area contributed by atoms with Crippen molar-refractivity contribution < 1.29 is 24.5 Å². The van der Waals surface area contributed by atoms with E-state index >= 15 is 0 Å². The minimum absolute atomic E-state index is 0.0260. The number of carbonyl (C=O) groups excluding carboxylic acids is 1. The Morgan fingerprint density at radius 3 is 2.64 bits per heavy atom. The van der Waals surface area contributed by atoms with Crippen molar-refractivity contribution in [3.8, 4) is 0 Å². The molecule has 0 aliphatic carbocycles. The van der Waals surface area contributed by atoms with Crippen LogP contribution in [0, 0.1) is 5.41 Å². The second-order valence-corrected chi connectivity index (χ2v) is 7.59. The van der Waals surface area contributed by atoms with Crippen LogP contribution in [-0.2, 0) is 29.2 Å². The molecule has 0 bridgehead atoms. The zero-order valence-electron chi connectivity index (χ0n) is 15.5. The van der Waals surface area contributed by atoms with Crippen molar-refractivity contribution in [1.29, 1.82) is 0 Å². The smallest absolute Gasteiger partial charge is 0.314 e. The van der Waals surface area contributed by atoms with Crippen LogP contribution in [0.15, 0.2) is 48.5 Å². The van der Waals surface area contributed by atoms with Gasteiger partial charge in [-0.25, -0.2) is 0 Å². The summed E-state index contributed by atoms with van der Waals surface area (Å²) in [6, 6.07) is 14.8. The van der Waals surface area contributed by atoms with Gasteiger partial charge in [0.15, 0.2) is 0 Å². The second kappa shape index (κ2) is 7.37. The fourth-order valence-corrected chi connectivity index (χ4v) is 4.25. The molecule has 4 rings (SSSR count). The molecular weight excluding hydrogens is 358 g/mol. The van der Waals surface area contributed by atoms with E-state index in [9.17, 15) is 19.8 Å². The van der Waals surface area contributed by atoms with Crippen LogP contribution in [0.5, 0.6) is 0 Å². The molecule has 0 unspecified atom stereocenters. The van der Waals surface area contributed by atoms with Gasteiger partial charge in [0.1, 0.15) is 5.41 Å². The van der Waals surface area contributed by atoms with Gasteiger partial charge in [-0.3, -0.25) is 9.59 Å². The highest BCUT2D eigenvalue weighted by atomic mass is 16.5. The van der Waals surface area contributed by atoms with Gasteiger partial charge in [0.2, 0.25) is 0 Å². The number of piperidine rings is 1. The summed E-state index contributed by atoms with van der Waals surface area (Å²) in [5.41, 5.74) is 1.83. The van der Waals surface area contributed by atoms with Gasteiger partial charge in [-0.15, -0.1) is 0 Å². The number of amides is 1.